The smallest absolute Gasteiger partial charge is 0.317 e. The summed E-state index contributed by atoms with van der Waals surface area (Å²) >= 11 is 4.85. The molecule has 4 nitrogen and oxygen atoms in total. The summed E-state index contributed by atoms with van der Waals surface area (Å²) in [4.78, 5) is 25.1. The summed E-state index contributed by atoms with van der Waals surface area (Å²) in [7, 11) is 0. The van der Waals surface area contributed by atoms with Crippen molar-refractivity contribution >= 4 is 39.6 Å². The maximum Gasteiger partial charge on any atom is 0.317 e. The molecule has 1 aliphatic carbocycles. The predicted molar refractivity (Wildman–Crippen MR) is 105 cm³/mol. The molecule has 1 amide bonds. The Morgan fingerprint density at radius 2 is 2.04 bits per heavy atom. The van der Waals surface area contributed by atoms with Crippen LogP contribution in [0.2, 0.25) is 0 Å². The van der Waals surface area contributed by atoms with Crippen LogP contribution in [0.1, 0.15) is 44.6 Å². The molecule has 1 atom stereocenters. The summed E-state index contributed by atoms with van der Waals surface area (Å²) in [5.41, 5.74) is 1.10. The molecule has 1 aromatic carbocycles. The Kier molecular flexibility index (Phi) is 8.30. The highest BCUT2D eigenvalue weighted by Crippen LogP contribution is 2.25. The molecule has 0 aromatic heterocycles. The fraction of sp³-hybridized carbons (Fsp3) is 0.579. The van der Waals surface area contributed by atoms with E-state index < -0.39 is 6.10 Å². The number of carbonyl (C=O) groups is 2. The number of benzene rings is 1. The van der Waals surface area contributed by atoms with Crippen LogP contribution in [0.25, 0.3) is 0 Å². The molecule has 1 unspecified atom stereocenters. The summed E-state index contributed by atoms with van der Waals surface area (Å²) < 4.78 is 6.27. The third-order valence-corrected chi connectivity index (χ3v) is 6.09. The maximum atomic E-state index is 12.1. The fourth-order valence-corrected chi connectivity index (χ4v) is 4.24. The first kappa shape index (κ1) is 20.3. The van der Waals surface area contributed by atoms with Gasteiger partial charge in [0.2, 0.25) is 0 Å². The highest BCUT2D eigenvalue weighted by molar-refractivity contribution is 9.10. The van der Waals surface area contributed by atoms with Gasteiger partial charge in [0, 0.05) is 15.9 Å². The number of rotatable bonds is 7. The van der Waals surface area contributed by atoms with E-state index in [2.05, 4.69) is 21.2 Å². The molecule has 138 valence electrons. The van der Waals surface area contributed by atoms with Crippen LogP contribution in [0.15, 0.2) is 27.6 Å². The lowest BCUT2D eigenvalue weighted by atomic mass is 9.89. The van der Waals surface area contributed by atoms with Gasteiger partial charge < -0.3 is 10.1 Å². The lowest BCUT2D eigenvalue weighted by molar-refractivity contribution is -0.152. The zero-order chi connectivity index (χ0) is 18.2. The molecule has 0 aliphatic heterocycles. The summed E-state index contributed by atoms with van der Waals surface area (Å²) in [6.45, 7) is 4.32. The Morgan fingerprint density at radius 3 is 2.72 bits per heavy atom. The lowest BCUT2D eigenvalue weighted by Gasteiger charge is -2.22. The number of nitrogens with one attached hydrogen (secondary N) is 1. The number of carbonyl (C=O) groups excluding carboxylic acids is 2. The van der Waals surface area contributed by atoms with E-state index in [9.17, 15) is 9.59 Å². The highest BCUT2D eigenvalue weighted by Gasteiger charge is 2.20. The van der Waals surface area contributed by atoms with E-state index in [1.54, 1.807) is 6.92 Å². The van der Waals surface area contributed by atoms with Crippen LogP contribution in [-0.2, 0) is 14.3 Å². The molecule has 1 N–H and O–H groups in total. The van der Waals surface area contributed by atoms with Crippen molar-refractivity contribution in [3.05, 3.63) is 28.2 Å². The highest BCUT2D eigenvalue weighted by atomic mass is 79.9. The molecule has 1 aliphatic rings. The molecule has 1 fully saturated rings. The largest absolute Gasteiger partial charge is 0.452 e. The van der Waals surface area contributed by atoms with Crippen LogP contribution >= 0.6 is 27.7 Å². The van der Waals surface area contributed by atoms with Gasteiger partial charge in [0.05, 0.1) is 5.75 Å². The molecule has 0 bridgehead atoms. The molecule has 0 heterocycles. The standard InChI is InChI=1S/C19H26BrNO3S/c1-13-10-16(20)8-9-17(13)25-12-18(22)24-14(2)19(23)21-11-15-6-4-3-5-7-15/h8-10,14-15H,3-7,11-12H2,1-2H3,(H,21,23). The van der Waals surface area contributed by atoms with Crippen molar-refractivity contribution in [1.29, 1.82) is 0 Å². The van der Waals surface area contributed by atoms with E-state index in [4.69, 9.17) is 4.74 Å². The van der Waals surface area contributed by atoms with Crippen molar-refractivity contribution in [1.82, 2.24) is 5.32 Å². The third-order valence-electron chi connectivity index (χ3n) is 4.45. The molecule has 25 heavy (non-hydrogen) atoms. The van der Waals surface area contributed by atoms with Crippen LogP contribution in [-0.4, -0.2) is 30.3 Å². The van der Waals surface area contributed by atoms with Crippen molar-refractivity contribution in [2.45, 2.75) is 57.0 Å². The van der Waals surface area contributed by atoms with Crippen LogP contribution in [0, 0.1) is 12.8 Å². The average molecular weight is 428 g/mol. The van der Waals surface area contributed by atoms with Gasteiger partial charge in [0.15, 0.2) is 6.10 Å². The molecule has 0 radical (unpaired) electrons. The Bertz CT molecular complexity index is 602. The van der Waals surface area contributed by atoms with E-state index in [0.717, 1.165) is 14.9 Å². The van der Waals surface area contributed by atoms with Gasteiger partial charge in [-0.1, -0.05) is 35.2 Å². The summed E-state index contributed by atoms with van der Waals surface area (Å²) in [5.74, 6) is 0.191. The molecular weight excluding hydrogens is 402 g/mol. The SMILES string of the molecule is Cc1cc(Br)ccc1SCC(=O)OC(C)C(=O)NCC1CCCCC1. The van der Waals surface area contributed by atoms with Gasteiger partial charge in [-0.05, 0) is 56.4 Å². The molecule has 6 heteroatoms. The quantitative estimate of drug-likeness (QED) is 0.514. The van der Waals surface area contributed by atoms with E-state index >= 15 is 0 Å². The van der Waals surface area contributed by atoms with Gasteiger partial charge >= 0.3 is 5.97 Å². The van der Waals surface area contributed by atoms with Crippen LogP contribution in [0.5, 0.6) is 0 Å². The number of aryl methyl sites for hydroxylation is 1. The van der Waals surface area contributed by atoms with Gasteiger partial charge in [-0.2, -0.15) is 0 Å². The zero-order valence-corrected chi connectivity index (χ0v) is 17.2. The van der Waals surface area contributed by atoms with Crippen molar-refractivity contribution in [2.24, 2.45) is 5.92 Å². The van der Waals surface area contributed by atoms with Gasteiger partial charge in [0.1, 0.15) is 0 Å². The van der Waals surface area contributed by atoms with Crippen molar-refractivity contribution in [2.75, 3.05) is 12.3 Å². The Balaban J connectivity index is 1.70. The van der Waals surface area contributed by atoms with E-state index in [1.165, 1.54) is 43.9 Å². The molecule has 0 saturated heterocycles. The second kappa shape index (κ2) is 10.2. The number of amides is 1. The minimum atomic E-state index is -0.747. The first-order valence-electron chi connectivity index (χ1n) is 8.82. The number of hydrogen-bond acceptors (Lipinski definition) is 4. The zero-order valence-electron chi connectivity index (χ0n) is 14.8. The summed E-state index contributed by atoms with van der Waals surface area (Å²) in [6, 6.07) is 5.93. The van der Waals surface area contributed by atoms with Crippen molar-refractivity contribution in [3.8, 4) is 0 Å². The van der Waals surface area contributed by atoms with E-state index in [0.29, 0.717) is 12.5 Å². The number of thioether (sulfide) groups is 1. The van der Waals surface area contributed by atoms with Gasteiger partial charge in [0.25, 0.3) is 5.91 Å². The minimum absolute atomic E-state index is 0.197. The van der Waals surface area contributed by atoms with E-state index in [-0.39, 0.29) is 17.6 Å². The van der Waals surface area contributed by atoms with Crippen LogP contribution in [0.3, 0.4) is 0 Å². The van der Waals surface area contributed by atoms with E-state index in [1.807, 2.05) is 25.1 Å². The minimum Gasteiger partial charge on any atom is -0.452 e. The Morgan fingerprint density at radius 1 is 1.32 bits per heavy atom. The summed E-state index contributed by atoms with van der Waals surface area (Å²) in [6.07, 6.45) is 5.40. The van der Waals surface area contributed by atoms with Crippen LogP contribution in [0.4, 0.5) is 0 Å². The Hall–Kier alpha value is -1.01. The van der Waals surface area contributed by atoms with Crippen LogP contribution < -0.4 is 5.32 Å². The van der Waals surface area contributed by atoms with Gasteiger partial charge in [-0.25, -0.2) is 0 Å². The molecule has 1 aromatic rings. The average Bonchev–Trinajstić information content (AvgIpc) is 2.59. The lowest BCUT2D eigenvalue weighted by Crippen LogP contribution is -2.39. The normalized spacial score (nSPS) is 16.3. The maximum absolute atomic E-state index is 12.1. The Labute approximate surface area is 162 Å². The monoisotopic (exact) mass is 427 g/mol. The second-order valence-corrected chi connectivity index (χ2v) is 8.51. The fourth-order valence-electron chi connectivity index (χ4n) is 2.98. The van der Waals surface area contributed by atoms with Crippen molar-refractivity contribution in [3.63, 3.8) is 0 Å². The second-order valence-electron chi connectivity index (χ2n) is 6.58. The van der Waals surface area contributed by atoms with Gasteiger partial charge in [-0.3, -0.25) is 9.59 Å². The molecule has 2 rings (SSSR count). The molecule has 1 saturated carbocycles. The predicted octanol–water partition coefficient (Wildman–Crippen LogP) is 4.48. The summed E-state index contributed by atoms with van der Waals surface area (Å²) in [5, 5.41) is 2.92. The number of halogens is 1. The van der Waals surface area contributed by atoms with Gasteiger partial charge in [-0.15, -0.1) is 11.8 Å². The first-order chi connectivity index (χ1) is 12.0. The molecular formula is C19H26BrNO3S. The third kappa shape index (κ3) is 7.02. The molecule has 0 spiro atoms. The number of ether oxygens (including phenoxy) is 1. The topological polar surface area (TPSA) is 55.4 Å². The number of esters is 1. The number of hydrogen-bond donors (Lipinski definition) is 1. The van der Waals surface area contributed by atoms with Crippen molar-refractivity contribution < 1.29 is 14.3 Å². The first-order valence-corrected chi connectivity index (χ1v) is 10.6.